The fourth-order valence-corrected chi connectivity index (χ4v) is 4.32. The third-order valence-electron chi connectivity index (χ3n) is 3.70. The minimum Gasteiger partial charge on any atom is -0.272 e. The lowest BCUT2D eigenvalue weighted by Crippen LogP contribution is -2.46. The molecule has 0 fully saturated rings. The number of carbonyl (C=O) groups is 2. The third kappa shape index (κ3) is 4.69. The van der Waals surface area contributed by atoms with Gasteiger partial charge >= 0.3 is 0 Å². The predicted molar refractivity (Wildman–Crippen MR) is 100 cm³/mol. The third-order valence-corrected chi connectivity index (χ3v) is 6.48. The zero-order valence-corrected chi connectivity index (χ0v) is 16.6. The number of aryl methyl sites for hydroxylation is 3. The van der Waals surface area contributed by atoms with Crippen molar-refractivity contribution in [3.8, 4) is 0 Å². The van der Waals surface area contributed by atoms with E-state index in [0.29, 0.717) is 5.56 Å². The highest BCUT2D eigenvalue weighted by molar-refractivity contribution is 7.89. The minimum atomic E-state index is -3.78. The van der Waals surface area contributed by atoms with Gasteiger partial charge in [0.15, 0.2) is 0 Å². The van der Waals surface area contributed by atoms with Crippen LogP contribution in [0.4, 0.5) is 0 Å². The van der Waals surface area contributed by atoms with Crippen LogP contribution in [-0.4, -0.2) is 38.1 Å². The molecule has 1 aromatic heterocycles. The molecule has 7 nitrogen and oxygen atoms in total. The van der Waals surface area contributed by atoms with Gasteiger partial charge in [0.25, 0.3) is 11.8 Å². The minimum absolute atomic E-state index is 0.104. The van der Waals surface area contributed by atoms with Gasteiger partial charge < -0.3 is 0 Å². The second-order valence-electron chi connectivity index (χ2n) is 5.90. The average Bonchev–Trinajstić information content (AvgIpc) is 2.91. The van der Waals surface area contributed by atoms with Gasteiger partial charge in [-0.3, -0.25) is 20.4 Å². The Morgan fingerprint density at radius 3 is 2.23 bits per heavy atom. The number of nitrogens with one attached hydrogen (secondary N) is 2. The summed E-state index contributed by atoms with van der Waals surface area (Å²) in [4.78, 5) is 26.0. The van der Waals surface area contributed by atoms with E-state index in [0.717, 1.165) is 19.6 Å². The van der Waals surface area contributed by atoms with Crippen LogP contribution in [0, 0.1) is 20.8 Å². The first-order valence-electron chi connectivity index (χ1n) is 7.80. The van der Waals surface area contributed by atoms with E-state index in [9.17, 15) is 18.0 Å². The van der Waals surface area contributed by atoms with Crippen molar-refractivity contribution in [1.29, 1.82) is 0 Å². The van der Waals surface area contributed by atoms with E-state index in [1.54, 1.807) is 18.2 Å². The molecular formula is C17H21N3O4S2. The molecule has 0 aliphatic heterocycles. The molecule has 1 aromatic carbocycles. The number of sulfonamides is 1. The van der Waals surface area contributed by atoms with E-state index in [1.165, 1.54) is 30.5 Å². The van der Waals surface area contributed by atoms with Gasteiger partial charge in [0.1, 0.15) is 0 Å². The van der Waals surface area contributed by atoms with Crippen LogP contribution in [0.3, 0.4) is 0 Å². The highest BCUT2D eigenvalue weighted by Gasteiger charge is 2.23. The van der Waals surface area contributed by atoms with E-state index >= 15 is 0 Å². The lowest BCUT2D eigenvalue weighted by molar-refractivity contribution is -0.121. The monoisotopic (exact) mass is 395 g/mol. The second-order valence-corrected chi connectivity index (χ2v) is 9.41. The second kappa shape index (κ2) is 7.98. The lowest BCUT2D eigenvalue weighted by Gasteiger charge is -2.17. The Morgan fingerprint density at radius 1 is 1.08 bits per heavy atom. The van der Waals surface area contributed by atoms with Gasteiger partial charge in [-0.05, 0) is 39.0 Å². The lowest BCUT2D eigenvalue weighted by atomic mass is 10.2. The van der Waals surface area contributed by atoms with Crippen LogP contribution in [0.1, 0.15) is 25.7 Å². The summed E-state index contributed by atoms with van der Waals surface area (Å²) in [6, 6.07) is 8.08. The number of likely N-dealkylation sites (N-methyl/N-ethyl adjacent to an activating group) is 1. The molecule has 2 aromatic rings. The zero-order valence-electron chi connectivity index (χ0n) is 15.0. The first-order valence-corrected chi connectivity index (χ1v) is 10.1. The molecule has 9 heteroatoms. The van der Waals surface area contributed by atoms with Crippen molar-refractivity contribution in [2.24, 2.45) is 0 Å². The summed E-state index contributed by atoms with van der Waals surface area (Å²) >= 11 is 1.48. The molecule has 0 bridgehead atoms. The van der Waals surface area contributed by atoms with Gasteiger partial charge in [0.05, 0.1) is 17.0 Å². The molecular weight excluding hydrogens is 374 g/mol. The predicted octanol–water partition coefficient (Wildman–Crippen LogP) is 1.76. The molecule has 0 radical (unpaired) electrons. The number of carbonyl (C=O) groups excluding carboxylic acids is 2. The van der Waals surface area contributed by atoms with Crippen molar-refractivity contribution < 1.29 is 18.0 Å². The molecule has 0 aliphatic rings. The number of rotatable bonds is 5. The number of hydrogen-bond donors (Lipinski definition) is 2. The molecule has 2 rings (SSSR count). The van der Waals surface area contributed by atoms with Crippen LogP contribution in [0.2, 0.25) is 0 Å². The highest BCUT2D eigenvalue weighted by atomic mass is 32.2. The molecule has 1 heterocycles. The number of amides is 2. The van der Waals surface area contributed by atoms with Gasteiger partial charge in [0, 0.05) is 16.8 Å². The van der Waals surface area contributed by atoms with Gasteiger partial charge in [-0.1, -0.05) is 17.7 Å². The first-order chi connectivity index (χ1) is 12.1. The van der Waals surface area contributed by atoms with Crippen molar-refractivity contribution in [1.82, 2.24) is 15.2 Å². The maximum atomic E-state index is 12.4. The average molecular weight is 396 g/mol. The maximum absolute atomic E-state index is 12.4. The molecule has 0 atom stereocenters. The van der Waals surface area contributed by atoms with E-state index in [4.69, 9.17) is 0 Å². The van der Waals surface area contributed by atoms with E-state index in [2.05, 4.69) is 10.9 Å². The Balaban J connectivity index is 1.95. The molecule has 140 valence electrons. The fourth-order valence-electron chi connectivity index (χ4n) is 2.27. The number of thiophene rings is 1. The maximum Gasteiger partial charge on any atom is 0.270 e. The fraction of sp³-hybridized carbons (Fsp3) is 0.294. The van der Waals surface area contributed by atoms with Crippen LogP contribution >= 0.6 is 11.3 Å². The summed E-state index contributed by atoms with van der Waals surface area (Å²) in [6.07, 6.45) is 0. The van der Waals surface area contributed by atoms with E-state index < -0.39 is 28.4 Å². The van der Waals surface area contributed by atoms with Crippen LogP contribution in [-0.2, 0) is 14.8 Å². The summed E-state index contributed by atoms with van der Waals surface area (Å²) in [6.45, 7) is 5.14. The molecule has 0 saturated carbocycles. The quantitative estimate of drug-likeness (QED) is 0.754. The van der Waals surface area contributed by atoms with Gasteiger partial charge in [-0.2, -0.15) is 4.31 Å². The number of nitrogens with zero attached hydrogens (tertiary/aromatic N) is 1. The van der Waals surface area contributed by atoms with Crippen molar-refractivity contribution in [2.45, 2.75) is 25.7 Å². The summed E-state index contributed by atoms with van der Waals surface area (Å²) in [5.74, 6) is -1.08. The summed E-state index contributed by atoms with van der Waals surface area (Å²) in [5, 5.41) is 0. The van der Waals surface area contributed by atoms with Crippen molar-refractivity contribution in [2.75, 3.05) is 13.6 Å². The summed E-state index contributed by atoms with van der Waals surface area (Å²) < 4.78 is 25.8. The largest absolute Gasteiger partial charge is 0.272 e. The summed E-state index contributed by atoms with van der Waals surface area (Å²) in [5.41, 5.74) is 5.96. The first kappa shape index (κ1) is 20.1. The Kier molecular flexibility index (Phi) is 6.17. The molecule has 2 amide bonds. The van der Waals surface area contributed by atoms with Crippen molar-refractivity contribution >= 4 is 33.2 Å². The van der Waals surface area contributed by atoms with Gasteiger partial charge in [-0.15, -0.1) is 11.3 Å². The van der Waals surface area contributed by atoms with Crippen LogP contribution in [0.15, 0.2) is 35.2 Å². The standard InChI is InChI=1S/C17H21N3O4S2/c1-11-5-7-14(8-6-11)26(23,24)20(4)10-16(21)18-19-17(22)15-9-12(2)25-13(15)3/h5-9H,10H2,1-4H3,(H,18,21)(H,19,22). The smallest absolute Gasteiger partial charge is 0.270 e. The molecule has 0 aliphatic carbocycles. The highest BCUT2D eigenvalue weighted by Crippen LogP contribution is 2.20. The Hall–Kier alpha value is -2.23. The molecule has 0 unspecified atom stereocenters. The number of hydrazine groups is 1. The molecule has 0 spiro atoms. The zero-order chi connectivity index (χ0) is 19.5. The molecule has 0 saturated heterocycles. The Morgan fingerprint density at radius 2 is 1.69 bits per heavy atom. The topological polar surface area (TPSA) is 95.6 Å². The summed E-state index contributed by atoms with van der Waals surface area (Å²) in [7, 11) is -2.47. The van der Waals surface area contributed by atoms with Crippen LogP contribution in [0.5, 0.6) is 0 Å². The number of benzene rings is 1. The molecule has 26 heavy (non-hydrogen) atoms. The van der Waals surface area contributed by atoms with Crippen LogP contribution in [0.25, 0.3) is 0 Å². The Labute approximate surface area is 157 Å². The molecule has 2 N–H and O–H groups in total. The van der Waals surface area contributed by atoms with Gasteiger partial charge in [-0.25, -0.2) is 8.42 Å². The van der Waals surface area contributed by atoms with E-state index in [-0.39, 0.29) is 4.90 Å². The van der Waals surface area contributed by atoms with Gasteiger partial charge in [0.2, 0.25) is 10.0 Å². The Bertz CT molecular complexity index is 918. The number of hydrogen-bond acceptors (Lipinski definition) is 5. The SMILES string of the molecule is Cc1ccc(S(=O)(=O)N(C)CC(=O)NNC(=O)c2cc(C)sc2C)cc1. The van der Waals surface area contributed by atoms with E-state index in [1.807, 2.05) is 20.8 Å². The van der Waals surface area contributed by atoms with Crippen LogP contribution < -0.4 is 10.9 Å². The normalized spacial score (nSPS) is 11.4. The van der Waals surface area contributed by atoms with Crippen molar-refractivity contribution in [3.05, 3.63) is 51.2 Å². The van der Waals surface area contributed by atoms with Crippen molar-refractivity contribution in [3.63, 3.8) is 0 Å².